The molecule has 1 aromatic heterocycles. The minimum Gasteiger partial charge on any atom is -0.495 e. The van der Waals surface area contributed by atoms with E-state index in [-0.39, 0.29) is 36.8 Å². The first-order valence-corrected chi connectivity index (χ1v) is 10.5. The van der Waals surface area contributed by atoms with Gasteiger partial charge in [-0.2, -0.15) is 4.31 Å². The Labute approximate surface area is 167 Å². The molecule has 0 N–H and O–H groups in total. The second kappa shape index (κ2) is 9.82. The van der Waals surface area contributed by atoms with Crippen LogP contribution >= 0.6 is 15.9 Å². The number of methoxy groups -OCH3 is 1. The van der Waals surface area contributed by atoms with Crippen molar-refractivity contribution in [2.75, 3.05) is 20.3 Å². The fraction of sp³-hybridized carbons (Fsp3) is 0.333. The number of nitrogens with zero attached hydrogens (tertiary/aromatic N) is 2. The second-order valence-electron chi connectivity index (χ2n) is 5.55. The molecule has 2 rings (SSSR count). The topological polar surface area (TPSA) is 85.8 Å². The molecule has 7 nitrogen and oxygen atoms in total. The summed E-state index contributed by atoms with van der Waals surface area (Å²) >= 11 is 3.29. The molecule has 0 saturated carbocycles. The number of carbonyl (C=O) groups excluding carboxylic acids is 1. The summed E-state index contributed by atoms with van der Waals surface area (Å²) in [7, 11) is -2.52. The first kappa shape index (κ1) is 21.3. The van der Waals surface area contributed by atoms with Gasteiger partial charge in [0.25, 0.3) is 0 Å². The van der Waals surface area contributed by atoms with Gasteiger partial charge in [-0.1, -0.05) is 22.0 Å². The number of hydrogen-bond donors (Lipinski definition) is 0. The molecule has 0 atom stereocenters. The van der Waals surface area contributed by atoms with Gasteiger partial charge in [-0.05, 0) is 36.8 Å². The molecule has 0 aliphatic carbocycles. The van der Waals surface area contributed by atoms with Crippen molar-refractivity contribution < 1.29 is 22.7 Å². The number of aromatic nitrogens is 1. The van der Waals surface area contributed by atoms with Crippen LogP contribution in [0.1, 0.15) is 18.9 Å². The molecule has 2 aromatic rings. The predicted molar refractivity (Wildman–Crippen MR) is 104 cm³/mol. The number of esters is 1. The summed E-state index contributed by atoms with van der Waals surface area (Å²) in [5, 5.41) is 0. The third-order valence-corrected chi connectivity index (χ3v) is 6.06. The second-order valence-corrected chi connectivity index (χ2v) is 8.37. The molecule has 1 aromatic carbocycles. The van der Waals surface area contributed by atoms with Crippen LogP contribution < -0.4 is 4.74 Å². The van der Waals surface area contributed by atoms with E-state index in [0.29, 0.717) is 10.0 Å². The van der Waals surface area contributed by atoms with Crippen molar-refractivity contribution in [1.82, 2.24) is 9.29 Å². The Hall–Kier alpha value is -1.97. The predicted octanol–water partition coefficient (Wildman–Crippen LogP) is 3.00. The normalized spacial score (nSPS) is 11.4. The molecule has 0 unspecified atom stereocenters. The van der Waals surface area contributed by atoms with Gasteiger partial charge in [0.15, 0.2) is 0 Å². The first-order chi connectivity index (χ1) is 12.9. The SMILES string of the molecule is CCOC(=O)CCN(Cc1cccnc1)S(=O)(=O)c1cc(Br)ccc1OC. The maximum Gasteiger partial charge on any atom is 0.307 e. The van der Waals surface area contributed by atoms with Crippen molar-refractivity contribution in [1.29, 1.82) is 0 Å². The quantitative estimate of drug-likeness (QED) is 0.539. The van der Waals surface area contributed by atoms with Crippen molar-refractivity contribution in [3.05, 3.63) is 52.8 Å². The number of sulfonamides is 1. The molecular weight excluding hydrogens is 436 g/mol. The molecule has 0 fully saturated rings. The molecule has 146 valence electrons. The monoisotopic (exact) mass is 456 g/mol. The van der Waals surface area contributed by atoms with Crippen LogP contribution in [0.25, 0.3) is 0 Å². The summed E-state index contributed by atoms with van der Waals surface area (Å²) in [6.07, 6.45) is 3.15. The average Bonchev–Trinajstić information content (AvgIpc) is 2.66. The standard InChI is InChI=1S/C18H21BrN2O5S/c1-3-26-18(22)8-10-21(13-14-5-4-9-20-12-14)27(23,24)17-11-15(19)6-7-16(17)25-2/h4-7,9,11-12H,3,8,10,13H2,1-2H3. The fourth-order valence-corrected chi connectivity index (χ4v) is 4.54. The van der Waals surface area contributed by atoms with Crippen LogP contribution in [-0.4, -0.2) is 43.9 Å². The Balaban J connectivity index is 2.38. The Bertz CT molecular complexity index is 875. The lowest BCUT2D eigenvalue weighted by Gasteiger charge is -2.23. The van der Waals surface area contributed by atoms with Crippen LogP contribution in [0.3, 0.4) is 0 Å². The maximum absolute atomic E-state index is 13.3. The van der Waals surface area contributed by atoms with Crippen molar-refractivity contribution in [2.24, 2.45) is 0 Å². The number of ether oxygens (including phenoxy) is 2. The summed E-state index contributed by atoms with van der Waals surface area (Å²) in [6, 6.07) is 8.25. The van der Waals surface area contributed by atoms with E-state index >= 15 is 0 Å². The molecule has 0 aliphatic heterocycles. The van der Waals surface area contributed by atoms with E-state index in [2.05, 4.69) is 20.9 Å². The number of rotatable bonds is 9. The third kappa shape index (κ3) is 5.75. The highest BCUT2D eigenvalue weighted by Gasteiger charge is 2.29. The van der Waals surface area contributed by atoms with Gasteiger partial charge >= 0.3 is 5.97 Å². The van der Waals surface area contributed by atoms with E-state index < -0.39 is 16.0 Å². The molecule has 0 amide bonds. The number of pyridine rings is 1. The van der Waals surface area contributed by atoms with Crippen LogP contribution in [0.15, 0.2) is 52.1 Å². The highest BCUT2D eigenvalue weighted by molar-refractivity contribution is 9.10. The highest BCUT2D eigenvalue weighted by atomic mass is 79.9. The minimum atomic E-state index is -3.93. The van der Waals surface area contributed by atoms with Crippen LogP contribution in [0, 0.1) is 0 Å². The van der Waals surface area contributed by atoms with Gasteiger partial charge < -0.3 is 9.47 Å². The molecule has 0 aliphatic rings. The number of hydrogen-bond acceptors (Lipinski definition) is 6. The lowest BCUT2D eigenvalue weighted by atomic mass is 10.3. The van der Waals surface area contributed by atoms with E-state index in [1.165, 1.54) is 17.5 Å². The van der Waals surface area contributed by atoms with Crippen LogP contribution in [-0.2, 0) is 26.1 Å². The zero-order valence-corrected chi connectivity index (χ0v) is 17.5. The van der Waals surface area contributed by atoms with Gasteiger partial charge in [0.2, 0.25) is 10.0 Å². The summed E-state index contributed by atoms with van der Waals surface area (Å²) in [6.45, 7) is 2.00. The lowest BCUT2D eigenvalue weighted by Crippen LogP contribution is -2.33. The molecule has 0 spiro atoms. The van der Waals surface area contributed by atoms with Crippen molar-refractivity contribution in [3.8, 4) is 5.75 Å². The van der Waals surface area contributed by atoms with E-state index in [4.69, 9.17) is 9.47 Å². The van der Waals surface area contributed by atoms with Gasteiger partial charge in [-0.3, -0.25) is 9.78 Å². The number of benzene rings is 1. The maximum atomic E-state index is 13.3. The van der Waals surface area contributed by atoms with Crippen molar-refractivity contribution >= 4 is 31.9 Å². The van der Waals surface area contributed by atoms with Crippen LogP contribution in [0.2, 0.25) is 0 Å². The largest absolute Gasteiger partial charge is 0.495 e. The van der Waals surface area contributed by atoms with E-state index in [0.717, 1.165) is 0 Å². The summed E-state index contributed by atoms with van der Waals surface area (Å²) in [5.41, 5.74) is 0.707. The first-order valence-electron chi connectivity index (χ1n) is 8.26. The zero-order chi connectivity index (χ0) is 19.9. The van der Waals surface area contributed by atoms with E-state index in [1.807, 2.05) is 0 Å². The average molecular weight is 457 g/mol. The Kier molecular flexibility index (Phi) is 7.76. The molecule has 0 radical (unpaired) electrons. The Morgan fingerprint density at radius 3 is 2.70 bits per heavy atom. The van der Waals surface area contributed by atoms with Gasteiger partial charge in [0.05, 0.1) is 20.1 Å². The summed E-state index contributed by atoms with van der Waals surface area (Å²) in [5.74, 6) is -0.226. The zero-order valence-electron chi connectivity index (χ0n) is 15.1. The Morgan fingerprint density at radius 2 is 2.07 bits per heavy atom. The molecular formula is C18H21BrN2O5S. The molecule has 0 bridgehead atoms. The van der Waals surface area contributed by atoms with Gasteiger partial charge in [-0.15, -0.1) is 0 Å². The van der Waals surface area contributed by atoms with Crippen LogP contribution in [0.4, 0.5) is 0 Å². The van der Waals surface area contributed by atoms with E-state index in [1.54, 1.807) is 43.6 Å². The van der Waals surface area contributed by atoms with Crippen LogP contribution in [0.5, 0.6) is 5.75 Å². The van der Waals surface area contributed by atoms with E-state index in [9.17, 15) is 13.2 Å². The number of halogens is 1. The molecule has 27 heavy (non-hydrogen) atoms. The minimum absolute atomic E-state index is 0.0205. The van der Waals surface area contributed by atoms with Gasteiger partial charge in [0, 0.05) is 30.0 Å². The molecule has 1 heterocycles. The van der Waals surface area contributed by atoms with Gasteiger partial charge in [0.1, 0.15) is 10.6 Å². The lowest BCUT2D eigenvalue weighted by molar-refractivity contribution is -0.143. The third-order valence-electron chi connectivity index (χ3n) is 3.70. The van der Waals surface area contributed by atoms with Crippen molar-refractivity contribution in [2.45, 2.75) is 24.8 Å². The van der Waals surface area contributed by atoms with Gasteiger partial charge in [-0.25, -0.2) is 8.42 Å². The smallest absolute Gasteiger partial charge is 0.307 e. The summed E-state index contributed by atoms with van der Waals surface area (Å²) in [4.78, 5) is 15.8. The molecule has 9 heteroatoms. The summed E-state index contributed by atoms with van der Waals surface area (Å²) < 4.78 is 38.6. The Morgan fingerprint density at radius 1 is 1.30 bits per heavy atom. The number of carbonyl (C=O) groups is 1. The fourth-order valence-electron chi connectivity index (χ4n) is 2.42. The highest BCUT2D eigenvalue weighted by Crippen LogP contribution is 2.30. The molecule has 0 saturated heterocycles. The van der Waals surface area contributed by atoms with Crippen molar-refractivity contribution in [3.63, 3.8) is 0 Å².